The SMILES string of the molecule is Cc1cc(C)cc(OP2OCC(C)(C)CO2)c1. The van der Waals surface area contributed by atoms with Gasteiger partial charge in [-0.25, -0.2) is 0 Å². The lowest BCUT2D eigenvalue weighted by Gasteiger charge is -2.32. The Kier molecular flexibility index (Phi) is 3.72. The smallest absolute Gasteiger partial charge is 0.397 e. The lowest BCUT2D eigenvalue weighted by Crippen LogP contribution is -2.28. The molecule has 0 saturated carbocycles. The van der Waals surface area contributed by atoms with Crippen LogP contribution in [0.3, 0.4) is 0 Å². The van der Waals surface area contributed by atoms with E-state index in [1.165, 1.54) is 11.1 Å². The minimum Gasteiger partial charge on any atom is -0.427 e. The third-order valence-electron chi connectivity index (χ3n) is 2.50. The highest BCUT2D eigenvalue weighted by atomic mass is 31.2. The summed E-state index contributed by atoms with van der Waals surface area (Å²) in [4.78, 5) is 0. The highest BCUT2D eigenvalue weighted by molar-refractivity contribution is 7.42. The Hall–Kier alpha value is -0.630. The summed E-state index contributed by atoms with van der Waals surface area (Å²) in [5, 5.41) is 0. The molecular formula is C13H19O3P. The third kappa shape index (κ3) is 3.67. The Morgan fingerprint density at radius 2 is 1.59 bits per heavy atom. The monoisotopic (exact) mass is 254 g/mol. The molecule has 17 heavy (non-hydrogen) atoms. The number of hydrogen-bond donors (Lipinski definition) is 0. The first-order valence-corrected chi connectivity index (χ1v) is 6.86. The van der Waals surface area contributed by atoms with Crippen molar-refractivity contribution in [3.8, 4) is 5.75 Å². The Balaban J connectivity index is 1.97. The van der Waals surface area contributed by atoms with Gasteiger partial charge in [0.25, 0.3) is 0 Å². The molecule has 3 nitrogen and oxygen atoms in total. The molecule has 1 aromatic rings. The molecule has 1 aliphatic rings. The second-order valence-corrected chi connectivity index (χ2v) is 6.50. The lowest BCUT2D eigenvalue weighted by molar-refractivity contribution is 0.0426. The molecular weight excluding hydrogens is 235 g/mol. The summed E-state index contributed by atoms with van der Waals surface area (Å²) in [6, 6.07) is 6.12. The van der Waals surface area contributed by atoms with Crippen LogP contribution in [0.15, 0.2) is 18.2 Å². The van der Waals surface area contributed by atoms with E-state index in [2.05, 4.69) is 33.8 Å². The molecule has 0 spiro atoms. The van der Waals surface area contributed by atoms with E-state index in [-0.39, 0.29) is 5.41 Å². The summed E-state index contributed by atoms with van der Waals surface area (Å²) >= 11 is 0. The van der Waals surface area contributed by atoms with E-state index in [4.69, 9.17) is 13.6 Å². The molecule has 0 atom stereocenters. The largest absolute Gasteiger partial charge is 0.427 e. The number of benzene rings is 1. The van der Waals surface area contributed by atoms with E-state index in [0.717, 1.165) is 5.75 Å². The molecule has 1 fully saturated rings. The quantitative estimate of drug-likeness (QED) is 0.747. The van der Waals surface area contributed by atoms with Gasteiger partial charge in [-0.05, 0) is 37.1 Å². The van der Waals surface area contributed by atoms with Crippen molar-refractivity contribution in [1.29, 1.82) is 0 Å². The van der Waals surface area contributed by atoms with Crippen molar-refractivity contribution in [1.82, 2.24) is 0 Å². The fraction of sp³-hybridized carbons (Fsp3) is 0.538. The van der Waals surface area contributed by atoms with Gasteiger partial charge < -0.3 is 13.6 Å². The first-order valence-electron chi connectivity index (χ1n) is 5.77. The molecule has 0 amide bonds. The molecule has 0 unspecified atom stereocenters. The van der Waals surface area contributed by atoms with Gasteiger partial charge in [-0.3, -0.25) is 0 Å². The maximum absolute atomic E-state index is 5.73. The predicted octanol–water partition coefficient (Wildman–Crippen LogP) is 3.98. The summed E-state index contributed by atoms with van der Waals surface area (Å²) in [7, 11) is -1.23. The van der Waals surface area contributed by atoms with Crippen LogP contribution in [0.25, 0.3) is 0 Å². The molecule has 2 rings (SSSR count). The highest BCUT2D eigenvalue weighted by Gasteiger charge is 2.31. The van der Waals surface area contributed by atoms with Gasteiger partial charge in [0, 0.05) is 5.41 Å². The minimum atomic E-state index is -1.23. The molecule has 0 N–H and O–H groups in total. The summed E-state index contributed by atoms with van der Waals surface area (Å²) in [6.45, 7) is 9.72. The normalized spacial score (nSPS) is 20.2. The highest BCUT2D eigenvalue weighted by Crippen LogP contribution is 2.47. The van der Waals surface area contributed by atoms with E-state index in [9.17, 15) is 0 Å². The third-order valence-corrected chi connectivity index (χ3v) is 3.54. The van der Waals surface area contributed by atoms with Crippen molar-refractivity contribution in [2.75, 3.05) is 13.2 Å². The summed E-state index contributed by atoms with van der Waals surface area (Å²) in [5.41, 5.74) is 2.46. The Labute approximate surface area is 104 Å². The molecule has 0 aromatic heterocycles. The molecule has 1 heterocycles. The maximum Gasteiger partial charge on any atom is 0.397 e. The van der Waals surface area contributed by atoms with E-state index in [0.29, 0.717) is 13.2 Å². The van der Waals surface area contributed by atoms with Crippen molar-refractivity contribution < 1.29 is 13.6 Å². The predicted molar refractivity (Wildman–Crippen MR) is 69.1 cm³/mol. The Morgan fingerprint density at radius 1 is 1.06 bits per heavy atom. The number of aryl methyl sites for hydroxylation is 2. The van der Waals surface area contributed by atoms with Gasteiger partial charge in [-0.2, -0.15) is 0 Å². The lowest BCUT2D eigenvalue weighted by atomic mass is 9.97. The number of hydrogen-bond acceptors (Lipinski definition) is 3. The van der Waals surface area contributed by atoms with Crippen molar-refractivity contribution >= 4 is 8.60 Å². The number of rotatable bonds is 2. The summed E-state index contributed by atoms with van der Waals surface area (Å²) < 4.78 is 16.9. The second-order valence-electron chi connectivity index (χ2n) is 5.35. The minimum absolute atomic E-state index is 0.0880. The van der Waals surface area contributed by atoms with Crippen LogP contribution >= 0.6 is 8.60 Å². The molecule has 0 aliphatic carbocycles. The molecule has 0 bridgehead atoms. The topological polar surface area (TPSA) is 27.7 Å². The standard InChI is InChI=1S/C13H19O3P/c1-10-5-11(2)7-12(6-10)16-17-14-8-13(3,4)9-15-17/h5-7H,8-9H2,1-4H3. The van der Waals surface area contributed by atoms with Crippen molar-refractivity contribution in [2.45, 2.75) is 27.7 Å². The molecule has 1 aromatic carbocycles. The van der Waals surface area contributed by atoms with Gasteiger partial charge in [0.2, 0.25) is 0 Å². The first kappa shape index (κ1) is 12.8. The van der Waals surface area contributed by atoms with Crippen molar-refractivity contribution in [2.24, 2.45) is 5.41 Å². The van der Waals surface area contributed by atoms with Crippen molar-refractivity contribution in [3.05, 3.63) is 29.3 Å². The first-order chi connectivity index (χ1) is 7.94. The fourth-order valence-corrected chi connectivity index (χ4v) is 3.03. The van der Waals surface area contributed by atoms with E-state index >= 15 is 0 Å². The van der Waals surface area contributed by atoms with Crippen LogP contribution in [0.5, 0.6) is 5.75 Å². The molecule has 4 heteroatoms. The summed E-state index contributed by atoms with van der Waals surface area (Å²) in [6.07, 6.45) is 0. The second kappa shape index (κ2) is 4.93. The molecule has 94 valence electrons. The summed E-state index contributed by atoms with van der Waals surface area (Å²) in [5.74, 6) is 0.827. The van der Waals surface area contributed by atoms with E-state index < -0.39 is 8.60 Å². The Bertz CT molecular complexity index is 373. The Morgan fingerprint density at radius 3 is 2.12 bits per heavy atom. The van der Waals surface area contributed by atoms with Gasteiger partial charge in [0.1, 0.15) is 5.75 Å². The maximum atomic E-state index is 5.73. The zero-order valence-corrected chi connectivity index (χ0v) is 11.7. The molecule has 1 aliphatic heterocycles. The van der Waals surface area contributed by atoms with Crippen molar-refractivity contribution in [3.63, 3.8) is 0 Å². The zero-order valence-electron chi connectivity index (χ0n) is 10.8. The van der Waals surface area contributed by atoms with Gasteiger partial charge in [0.15, 0.2) is 0 Å². The van der Waals surface area contributed by atoms with E-state index in [1.54, 1.807) is 0 Å². The average Bonchev–Trinajstić information content (AvgIpc) is 2.20. The van der Waals surface area contributed by atoms with Crippen LogP contribution < -0.4 is 4.52 Å². The van der Waals surface area contributed by atoms with Gasteiger partial charge in [-0.1, -0.05) is 19.9 Å². The van der Waals surface area contributed by atoms with Crippen LogP contribution in [-0.4, -0.2) is 13.2 Å². The zero-order chi connectivity index (χ0) is 12.5. The molecule has 1 saturated heterocycles. The van der Waals surface area contributed by atoms with Crippen LogP contribution in [0, 0.1) is 19.3 Å². The van der Waals surface area contributed by atoms with Crippen LogP contribution in [0.4, 0.5) is 0 Å². The fourth-order valence-electron chi connectivity index (χ4n) is 1.66. The van der Waals surface area contributed by atoms with Crippen LogP contribution in [0.2, 0.25) is 0 Å². The van der Waals surface area contributed by atoms with Gasteiger partial charge in [-0.15, -0.1) is 0 Å². The molecule has 0 radical (unpaired) electrons. The van der Waals surface area contributed by atoms with Crippen LogP contribution in [0.1, 0.15) is 25.0 Å². The van der Waals surface area contributed by atoms with E-state index in [1.807, 2.05) is 12.1 Å². The van der Waals surface area contributed by atoms with Crippen LogP contribution in [-0.2, 0) is 9.05 Å². The van der Waals surface area contributed by atoms with Gasteiger partial charge >= 0.3 is 8.60 Å². The van der Waals surface area contributed by atoms with Gasteiger partial charge in [0.05, 0.1) is 13.2 Å². The average molecular weight is 254 g/mol.